The third kappa shape index (κ3) is 8.25. The summed E-state index contributed by atoms with van der Waals surface area (Å²) in [6.07, 6.45) is 1.46. The zero-order valence-corrected chi connectivity index (χ0v) is 10.7. The van der Waals surface area contributed by atoms with Crippen molar-refractivity contribution in [3.8, 4) is 0 Å². The van der Waals surface area contributed by atoms with Crippen LogP contribution in [0.5, 0.6) is 0 Å². The average molecular weight is 275 g/mol. The van der Waals surface area contributed by atoms with Crippen LogP contribution in [0, 0.1) is 0 Å². The maximum Gasteiger partial charge on any atom is 0.330 e. The van der Waals surface area contributed by atoms with Crippen molar-refractivity contribution in [2.24, 2.45) is 17.2 Å². The Balaban J connectivity index is 3.91. The highest BCUT2D eigenvalue weighted by atomic mass is 16.6. The van der Waals surface area contributed by atoms with Crippen LogP contribution in [0.25, 0.3) is 0 Å². The summed E-state index contributed by atoms with van der Waals surface area (Å²) in [4.78, 5) is 33.0. The van der Waals surface area contributed by atoms with Crippen LogP contribution in [0.15, 0.2) is 0 Å². The first-order valence-electron chi connectivity index (χ1n) is 6.07. The van der Waals surface area contributed by atoms with Gasteiger partial charge in [0, 0.05) is 6.42 Å². The van der Waals surface area contributed by atoms with E-state index in [0.29, 0.717) is 19.4 Å². The summed E-state index contributed by atoms with van der Waals surface area (Å²) >= 11 is 0. The molecule has 0 saturated carbocycles. The molecule has 0 unspecified atom stereocenters. The smallest absolute Gasteiger partial charge is 0.330 e. The number of aliphatic carboxylic acids is 1. The fourth-order valence-electron chi connectivity index (χ4n) is 1.26. The maximum atomic E-state index is 11.4. The van der Waals surface area contributed by atoms with Crippen LogP contribution >= 0.6 is 0 Å². The first-order valence-corrected chi connectivity index (χ1v) is 6.07. The summed E-state index contributed by atoms with van der Waals surface area (Å²) < 4.78 is 4.49. The van der Waals surface area contributed by atoms with Crippen molar-refractivity contribution in [1.29, 1.82) is 0 Å². The highest BCUT2D eigenvalue weighted by molar-refractivity contribution is 5.88. The Kier molecular flexibility index (Phi) is 8.68. The quantitative estimate of drug-likeness (QED) is 0.229. The zero-order valence-electron chi connectivity index (χ0n) is 10.7. The monoisotopic (exact) mass is 275 g/mol. The molecule has 7 N–H and O–H groups in total. The fraction of sp³-hybridized carbons (Fsp3) is 0.727. The van der Waals surface area contributed by atoms with Crippen molar-refractivity contribution in [1.82, 2.24) is 0 Å². The third-order valence-corrected chi connectivity index (χ3v) is 2.46. The van der Waals surface area contributed by atoms with Crippen molar-refractivity contribution in [2.75, 3.05) is 6.54 Å². The van der Waals surface area contributed by atoms with Crippen molar-refractivity contribution in [3.05, 3.63) is 0 Å². The van der Waals surface area contributed by atoms with Gasteiger partial charge in [0.25, 0.3) is 0 Å². The van der Waals surface area contributed by atoms with Gasteiger partial charge in [-0.3, -0.25) is 9.59 Å². The van der Waals surface area contributed by atoms with Gasteiger partial charge >= 0.3 is 17.9 Å². The van der Waals surface area contributed by atoms with E-state index < -0.39 is 30.0 Å². The van der Waals surface area contributed by atoms with Crippen LogP contribution in [0.1, 0.15) is 32.1 Å². The molecule has 0 aliphatic heterocycles. The van der Waals surface area contributed by atoms with Crippen LogP contribution in [0.3, 0.4) is 0 Å². The van der Waals surface area contributed by atoms with Crippen LogP contribution in [0.4, 0.5) is 0 Å². The number of carboxylic acid groups (broad SMARTS) is 1. The number of nitrogens with two attached hydrogens (primary N) is 3. The van der Waals surface area contributed by atoms with E-state index >= 15 is 0 Å². The Hall–Kier alpha value is -1.51. The van der Waals surface area contributed by atoms with Gasteiger partial charge in [-0.05, 0) is 25.8 Å². The average Bonchev–Trinajstić information content (AvgIpc) is 2.35. The van der Waals surface area contributed by atoms with E-state index in [9.17, 15) is 14.4 Å². The molecular formula is C11H21N3O5. The second-order valence-electron chi connectivity index (χ2n) is 4.17. The van der Waals surface area contributed by atoms with Gasteiger partial charge in [0.15, 0.2) is 0 Å². The topological polar surface area (TPSA) is 159 Å². The Labute approximate surface area is 111 Å². The van der Waals surface area contributed by atoms with E-state index in [1.165, 1.54) is 0 Å². The molecule has 19 heavy (non-hydrogen) atoms. The van der Waals surface area contributed by atoms with E-state index in [2.05, 4.69) is 4.74 Å². The lowest BCUT2D eigenvalue weighted by atomic mass is 10.1. The third-order valence-electron chi connectivity index (χ3n) is 2.46. The summed E-state index contributed by atoms with van der Waals surface area (Å²) in [5, 5.41) is 8.51. The summed E-state index contributed by atoms with van der Waals surface area (Å²) in [6, 6.07) is -2.02. The predicted molar refractivity (Wildman–Crippen MR) is 66.8 cm³/mol. The van der Waals surface area contributed by atoms with Gasteiger partial charge in [0.05, 0.1) is 0 Å². The van der Waals surface area contributed by atoms with E-state index in [0.717, 1.165) is 6.42 Å². The van der Waals surface area contributed by atoms with Gasteiger partial charge in [-0.25, -0.2) is 4.79 Å². The minimum absolute atomic E-state index is 0.0934. The molecule has 0 radical (unpaired) electrons. The minimum Gasteiger partial charge on any atom is -0.480 e. The van der Waals surface area contributed by atoms with E-state index in [4.69, 9.17) is 22.3 Å². The number of unbranched alkanes of at least 4 members (excludes halogenated alkanes) is 1. The number of rotatable bonds is 9. The van der Waals surface area contributed by atoms with Gasteiger partial charge in [-0.15, -0.1) is 0 Å². The minimum atomic E-state index is -1.21. The number of carbonyl (C=O) groups is 3. The Morgan fingerprint density at radius 2 is 1.68 bits per heavy atom. The molecule has 0 aromatic heterocycles. The van der Waals surface area contributed by atoms with E-state index in [1.807, 2.05) is 0 Å². The molecule has 2 atom stereocenters. The number of carbonyl (C=O) groups excluding carboxylic acids is 2. The molecule has 0 bridgehead atoms. The van der Waals surface area contributed by atoms with E-state index in [1.54, 1.807) is 0 Å². The van der Waals surface area contributed by atoms with Crippen LogP contribution in [0.2, 0.25) is 0 Å². The maximum absolute atomic E-state index is 11.4. The molecule has 0 aliphatic rings. The molecule has 0 fully saturated rings. The molecule has 0 aromatic rings. The van der Waals surface area contributed by atoms with Crippen LogP contribution < -0.4 is 17.2 Å². The molecule has 0 spiro atoms. The molecule has 8 heteroatoms. The number of ether oxygens (including phenoxy) is 1. The number of hydrogen-bond acceptors (Lipinski definition) is 7. The summed E-state index contributed by atoms with van der Waals surface area (Å²) in [5.41, 5.74) is 16.0. The summed E-state index contributed by atoms with van der Waals surface area (Å²) in [5.74, 6) is -2.85. The largest absolute Gasteiger partial charge is 0.480 e. The lowest BCUT2D eigenvalue weighted by Crippen LogP contribution is -2.35. The molecule has 110 valence electrons. The van der Waals surface area contributed by atoms with Crippen molar-refractivity contribution < 1.29 is 24.2 Å². The number of esters is 2. The van der Waals surface area contributed by atoms with Crippen molar-refractivity contribution >= 4 is 17.9 Å². The predicted octanol–water partition coefficient (Wildman–Crippen LogP) is -1.30. The second kappa shape index (κ2) is 9.42. The molecule has 8 nitrogen and oxygen atoms in total. The first-order chi connectivity index (χ1) is 8.88. The standard InChI is InChI=1S/C11H21N3O5/c12-6-2-1-3-8(14)11(18)19-9(15)5-4-7(13)10(16)17/h7-8H,1-6,12-14H2,(H,16,17)/t7-,8+/m1/s1. The zero-order chi connectivity index (χ0) is 14.8. The van der Waals surface area contributed by atoms with Gasteiger partial charge in [-0.1, -0.05) is 6.42 Å². The lowest BCUT2D eigenvalue weighted by molar-refractivity contribution is -0.160. The molecule has 0 saturated heterocycles. The van der Waals surface area contributed by atoms with Gasteiger partial charge in [0.1, 0.15) is 12.1 Å². The van der Waals surface area contributed by atoms with Crippen molar-refractivity contribution in [2.45, 2.75) is 44.2 Å². The summed E-state index contributed by atoms with van der Waals surface area (Å²) in [7, 11) is 0. The number of hydrogen-bond donors (Lipinski definition) is 4. The van der Waals surface area contributed by atoms with Gasteiger partial charge < -0.3 is 27.0 Å². The molecule has 0 aromatic carbocycles. The Morgan fingerprint density at radius 1 is 1.05 bits per heavy atom. The number of carboxylic acids is 1. The van der Waals surface area contributed by atoms with Gasteiger partial charge in [0.2, 0.25) is 0 Å². The van der Waals surface area contributed by atoms with Crippen LogP contribution in [-0.4, -0.2) is 41.6 Å². The Bertz CT molecular complexity index is 321. The first kappa shape index (κ1) is 17.5. The SMILES string of the molecule is NCCCC[C@H](N)C(=O)OC(=O)CC[C@@H](N)C(=O)O. The van der Waals surface area contributed by atoms with Crippen LogP contribution in [-0.2, 0) is 19.1 Å². The summed E-state index contributed by atoms with van der Waals surface area (Å²) in [6.45, 7) is 0.508. The highest BCUT2D eigenvalue weighted by Gasteiger charge is 2.20. The van der Waals surface area contributed by atoms with Gasteiger partial charge in [-0.2, -0.15) is 0 Å². The lowest BCUT2D eigenvalue weighted by Gasteiger charge is -2.10. The molecular weight excluding hydrogens is 254 g/mol. The molecule has 0 rings (SSSR count). The molecule has 0 aliphatic carbocycles. The van der Waals surface area contributed by atoms with E-state index in [-0.39, 0.29) is 12.8 Å². The highest BCUT2D eigenvalue weighted by Crippen LogP contribution is 2.03. The Morgan fingerprint density at radius 3 is 2.21 bits per heavy atom. The molecule has 0 heterocycles. The van der Waals surface area contributed by atoms with Crippen molar-refractivity contribution in [3.63, 3.8) is 0 Å². The second-order valence-corrected chi connectivity index (χ2v) is 4.17. The molecule has 0 amide bonds. The fourth-order valence-corrected chi connectivity index (χ4v) is 1.26. The normalized spacial score (nSPS) is 13.6.